The molecule has 0 aromatic heterocycles. The van der Waals surface area contributed by atoms with E-state index in [0.717, 1.165) is 23.1 Å². The molecule has 126 valence electrons. The van der Waals surface area contributed by atoms with Gasteiger partial charge in [-0.1, -0.05) is 48.5 Å². The Morgan fingerprint density at radius 1 is 1.17 bits per heavy atom. The maximum absolute atomic E-state index is 11.6. The van der Waals surface area contributed by atoms with Crippen LogP contribution in [0.25, 0.3) is 11.1 Å². The molecule has 0 radical (unpaired) electrons. The van der Waals surface area contributed by atoms with Crippen molar-refractivity contribution in [2.75, 3.05) is 5.75 Å². The zero-order chi connectivity index (χ0) is 17.4. The normalized spacial score (nSPS) is 15.8. The minimum absolute atomic E-state index is 0.392. The first-order valence-corrected chi connectivity index (χ1v) is 9.50. The molecule has 0 heterocycles. The highest BCUT2D eigenvalue weighted by molar-refractivity contribution is 7.85. The van der Waals surface area contributed by atoms with E-state index in [1.165, 1.54) is 11.1 Å². The standard InChI is InChI=1S/C19H21NO3S/c1-3-11-20-19(2,13-24(21,22)23)18-10-6-9-16-15-8-5-4-7-14(15)12-17(16)18/h3-11,20H,12-13H2,1-2H3,(H,21,22,23). The second-order valence-corrected chi connectivity index (χ2v) is 7.82. The van der Waals surface area contributed by atoms with Crippen LogP contribution in [0, 0.1) is 0 Å². The molecule has 2 N–H and O–H groups in total. The van der Waals surface area contributed by atoms with E-state index >= 15 is 0 Å². The first-order valence-electron chi connectivity index (χ1n) is 7.89. The number of hydrogen-bond acceptors (Lipinski definition) is 3. The van der Waals surface area contributed by atoms with Crippen molar-refractivity contribution in [1.82, 2.24) is 5.32 Å². The van der Waals surface area contributed by atoms with Gasteiger partial charge in [0.25, 0.3) is 10.1 Å². The first-order chi connectivity index (χ1) is 11.3. The van der Waals surface area contributed by atoms with Gasteiger partial charge in [-0.2, -0.15) is 8.42 Å². The zero-order valence-corrected chi connectivity index (χ0v) is 14.6. The Balaban J connectivity index is 2.14. The Bertz CT molecular complexity index is 903. The summed E-state index contributed by atoms with van der Waals surface area (Å²) in [6, 6.07) is 14.1. The van der Waals surface area contributed by atoms with Crippen molar-refractivity contribution in [3.63, 3.8) is 0 Å². The number of nitrogens with one attached hydrogen (secondary N) is 1. The summed E-state index contributed by atoms with van der Waals surface area (Å²) in [5, 5.41) is 3.16. The molecule has 3 rings (SSSR count). The molecule has 1 aliphatic rings. The SMILES string of the molecule is CC=CNC(C)(CS(=O)(=O)O)c1cccc2c1Cc1ccccc1-2. The van der Waals surface area contributed by atoms with Crippen molar-refractivity contribution in [3.8, 4) is 11.1 Å². The van der Waals surface area contributed by atoms with Gasteiger partial charge in [0.2, 0.25) is 0 Å². The van der Waals surface area contributed by atoms with Crippen molar-refractivity contribution in [3.05, 3.63) is 71.4 Å². The van der Waals surface area contributed by atoms with Gasteiger partial charge >= 0.3 is 0 Å². The van der Waals surface area contributed by atoms with Crippen LogP contribution in [0.3, 0.4) is 0 Å². The predicted octanol–water partition coefficient (Wildman–Crippen LogP) is 3.48. The second-order valence-electron chi connectivity index (χ2n) is 6.37. The molecule has 0 amide bonds. The molecule has 0 saturated carbocycles. The van der Waals surface area contributed by atoms with Gasteiger partial charge in [0.1, 0.15) is 5.75 Å². The summed E-state index contributed by atoms with van der Waals surface area (Å²) in [7, 11) is -4.14. The Morgan fingerprint density at radius 2 is 1.88 bits per heavy atom. The van der Waals surface area contributed by atoms with Crippen molar-refractivity contribution in [1.29, 1.82) is 0 Å². The van der Waals surface area contributed by atoms with Gasteiger partial charge < -0.3 is 5.32 Å². The van der Waals surface area contributed by atoms with Crippen LogP contribution in [0.2, 0.25) is 0 Å². The highest BCUT2D eigenvalue weighted by atomic mass is 32.2. The van der Waals surface area contributed by atoms with E-state index in [4.69, 9.17) is 0 Å². The molecule has 24 heavy (non-hydrogen) atoms. The lowest BCUT2D eigenvalue weighted by Crippen LogP contribution is -2.43. The van der Waals surface area contributed by atoms with Crippen LogP contribution in [-0.2, 0) is 22.1 Å². The molecule has 0 saturated heterocycles. The summed E-state index contributed by atoms with van der Waals surface area (Å²) in [6.45, 7) is 3.66. The molecular formula is C19H21NO3S. The fourth-order valence-electron chi connectivity index (χ4n) is 3.50. The van der Waals surface area contributed by atoms with Gasteiger partial charge in [0, 0.05) is 0 Å². The van der Waals surface area contributed by atoms with Crippen LogP contribution in [0.15, 0.2) is 54.7 Å². The summed E-state index contributed by atoms with van der Waals surface area (Å²) < 4.78 is 32.6. The van der Waals surface area contributed by atoms with E-state index in [1.54, 1.807) is 19.2 Å². The summed E-state index contributed by atoms with van der Waals surface area (Å²) in [4.78, 5) is 0. The van der Waals surface area contributed by atoms with E-state index in [1.807, 2.05) is 31.2 Å². The lowest BCUT2D eigenvalue weighted by atomic mass is 9.87. The largest absolute Gasteiger partial charge is 0.381 e. The van der Waals surface area contributed by atoms with Gasteiger partial charge in [-0.05, 0) is 54.3 Å². The van der Waals surface area contributed by atoms with Crippen LogP contribution >= 0.6 is 0 Å². The van der Waals surface area contributed by atoms with E-state index in [9.17, 15) is 13.0 Å². The van der Waals surface area contributed by atoms with Gasteiger partial charge in [-0.25, -0.2) is 0 Å². The third kappa shape index (κ3) is 3.09. The van der Waals surface area contributed by atoms with Crippen molar-refractivity contribution in [2.24, 2.45) is 0 Å². The third-order valence-electron chi connectivity index (χ3n) is 4.48. The highest BCUT2D eigenvalue weighted by Gasteiger charge is 2.35. The lowest BCUT2D eigenvalue weighted by Gasteiger charge is -2.31. The number of benzene rings is 2. The maximum atomic E-state index is 11.6. The Labute approximate surface area is 143 Å². The molecular weight excluding hydrogens is 322 g/mol. The molecule has 0 bridgehead atoms. The van der Waals surface area contributed by atoms with E-state index in [-0.39, 0.29) is 0 Å². The van der Waals surface area contributed by atoms with Crippen LogP contribution in [0.1, 0.15) is 30.5 Å². The predicted molar refractivity (Wildman–Crippen MR) is 96.4 cm³/mol. The monoisotopic (exact) mass is 343 g/mol. The Hall–Kier alpha value is -2.11. The van der Waals surface area contributed by atoms with Crippen molar-refractivity contribution in [2.45, 2.75) is 25.8 Å². The molecule has 0 spiro atoms. The summed E-state index contributed by atoms with van der Waals surface area (Å²) in [5.41, 5.74) is 4.66. The fraction of sp³-hybridized carbons (Fsp3) is 0.263. The number of rotatable bonds is 5. The van der Waals surface area contributed by atoms with E-state index < -0.39 is 21.4 Å². The van der Waals surface area contributed by atoms with E-state index in [0.29, 0.717) is 0 Å². The van der Waals surface area contributed by atoms with Crippen molar-refractivity contribution < 1.29 is 13.0 Å². The second kappa shape index (κ2) is 6.07. The van der Waals surface area contributed by atoms with Gasteiger partial charge in [-0.3, -0.25) is 4.55 Å². The molecule has 5 heteroatoms. The summed E-state index contributed by atoms with van der Waals surface area (Å²) in [5.74, 6) is -0.392. The molecule has 4 nitrogen and oxygen atoms in total. The maximum Gasteiger partial charge on any atom is 0.267 e. The van der Waals surface area contributed by atoms with Crippen LogP contribution in [0.4, 0.5) is 0 Å². The average molecular weight is 343 g/mol. The molecule has 2 aromatic rings. The Kier molecular flexibility index (Phi) is 4.24. The lowest BCUT2D eigenvalue weighted by molar-refractivity contribution is 0.422. The highest BCUT2D eigenvalue weighted by Crippen LogP contribution is 2.41. The van der Waals surface area contributed by atoms with Gasteiger partial charge in [0.05, 0.1) is 5.54 Å². The molecule has 0 fully saturated rings. The number of allylic oxidation sites excluding steroid dienone is 1. The van der Waals surface area contributed by atoms with Crippen LogP contribution in [0.5, 0.6) is 0 Å². The fourth-order valence-corrected chi connectivity index (χ4v) is 4.47. The summed E-state index contributed by atoms with van der Waals surface area (Å²) in [6.07, 6.45) is 4.28. The number of fused-ring (bicyclic) bond motifs is 3. The molecule has 2 aromatic carbocycles. The first kappa shape index (κ1) is 16.7. The van der Waals surface area contributed by atoms with Crippen molar-refractivity contribution >= 4 is 10.1 Å². The smallest absolute Gasteiger partial charge is 0.267 e. The summed E-state index contributed by atoms with van der Waals surface area (Å²) >= 11 is 0. The Morgan fingerprint density at radius 3 is 2.58 bits per heavy atom. The molecule has 1 aliphatic carbocycles. The molecule has 1 unspecified atom stereocenters. The zero-order valence-electron chi connectivity index (χ0n) is 13.8. The topological polar surface area (TPSA) is 66.4 Å². The van der Waals surface area contributed by atoms with Gasteiger partial charge in [0.15, 0.2) is 0 Å². The average Bonchev–Trinajstić information content (AvgIpc) is 2.90. The quantitative estimate of drug-likeness (QED) is 0.696. The molecule has 0 aliphatic heterocycles. The van der Waals surface area contributed by atoms with E-state index in [2.05, 4.69) is 23.5 Å². The minimum atomic E-state index is -4.14. The minimum Gasteiger partial charge on any atom is -0.381 e. The number of hydrogen-bond donors (Lipinski definition) is 2. The van der Waals surface area contributed by atoms with Gasteiger partial charge in [-0.15, -0.1) is 0 Å². The van der Waals surface area contributed by atoms with Crippen LogP contribution < -0.4 is 5.32 Å². The van der Waals surface area contributed by atoms with Crippen LogP contribution in [-0.4, -0.2) is 18.7 Å². The molecule has 1 atom stereocenters. The third-order valence-corrected chi connectivity index (χ3v) is 5.43.